The number of sulfonamides is 1. The molecule has 138 valence electrons. The van der Waals surface area contributed by atoms with Gasteiger partial charge in [-0.2, -0.15) is 4.31 Å². The van der Waals surface area contributed by atoms with Gasteiger partial charge < -0.3 is 10.1 Å². The summed E-state index contributed by atoms with van der Waals surface area (Å²) in [5.74, 6) is 1.31. The van der Waals surface area contributed by atoms with Gasteiger partial charge in [0, 0.05) is 13.1 Å². The van der Waals surface area contributed by atoms with Gasteiger partial charge >= 0.3 is 0 Å². The number of nitrogens with zero attached hydrogens (tertiary/aromatic N) is 1. The van der Waals surface area contributed by atoms with Crippen molar-refractivity contribution < 1.29 is 13.2 Å². The Labute approximate surface area is 152 Å². The van der Waals surface area contributed by atoms with Gasteiger partial charge in [0.15, 0.2) is 0 Å². The Morgan fingerprint density at radius 3 is 2.42 bits per heavy atom. The molecular formula is C17H29ClN2O3S. The SMILES string of the molecule is CNCC1CCN(S(=O)(=O)c2ccc(OC(C)C)c(C)c2)CC1.Cl. The summed E-state index contributed by atoms with van der Waals surface area (Å²) in [5, 5.41) is 3.17. The third kappa shape index (κ3) is 5.09. The standard InChI is InChI=1S/C17H28N2O3S.ClH/c1-13(2)22-17-6-5-16(11-14(17)3)23(20,21)19-9-7-15(8-10-19)12-18-4;/h5-6,11,13,15,18H,7-10,12H2,1-4H3;1H. The van der Waals surface area contributed by atoms with Crippen molar-refractivity contribution in [1.82, 2.24) is 9.62 Å². The molecule has 1 heterocycles. The van der Waals surface area contributed by atoms with Gasteiger partial charge in [0.2, 0.25) is 10.0 Å². The first-order valence-electron chi connectivity index (χ1n) is 8.26. The Kier molecular flexibility index (Phi) is 7.99. The lowest BCUT2D eigenvalue weighted by Crippen LogP contribution is -2.40. The number of hydrogen-bond acceptors (Lipinski definition) is 4. The molecule has 0 radical (unpaired) electrons. The van der Waals surface area contributed by atoms with E-state index >= 15 is 0 Å². The molecule has 1 N–H and O–H groups in total. The van der Waals surface area contributed by atoms with Crippen LogP contribution in [0.5, 0.6) is 5.75 Å². The van der Waals surface area contributed by atoms with Crippen molar-refractivity contribution >= 4 is 22.4 Å². The lowest BCUT2D eigenvalue weighted by atomic mass is 9.98. The largest absolute Gasteiger partial charge is 0.491 e. The van der Waals surface area contributed by atoms with Gasteiger partial charge in [0.1, 0.15) is 5.75 Å². The highest BCUT2D eigenvalue weighted by atomic mass is 35.5. The van der Waals surface area contributed by atoms with Gasteiger partial charge in [-0.25, -0.2) is 8.42 Å². The van der Waals surface area contributed by atoms with Crippen LogP contribution in [0.4, 0.5) is 0 Å². The minimum Gasteiger partial charge on any atom is -0.491 e. The predicted molar refractivity (Wildman–Crippen MR) is 99.6 cm³/mol. The van der Waals surface area contributed by atoms with E-state index in [1.54, 1.807) is 22.5 Å². The third-order valence-corrected chi connectivity index (χ3v) is 6.11. The zero-order chi connectivity index (χ0) is 17.0. The first kappa shape index (κ1) is 21.2. The lowest BCUT2D eigenvalue weighted by molar-refractivity contribution is 0.240. The fraction of sp³-hybridized carbons (Fsp3) is 0.647. The first-order chi connectivity index (χ1) is 10.8. The molecule has 0 unspecified atom stereocenters. The summed E-state index contributed by atoms with van der Waals surface area (Å²) in [6.45, 7) is 7.94. The van der Waals surface area contributed by atoms with Gasteiger partial charge in [-0.05, 0) is 76.9 Å². The van der Waals surface area contributed by atoms with Crippen molar-refractivity contribution in [3.05, 3.63) is 23.8 Å². The molecule has 0 saturated carbocycles. The molecule has 0 atom stereocenters. The predicted octanol–water partition coefficient (Wildman–Crippen LogP) is 2.82. The number of hydrogen-bond donors (Lipinski definition) is 1. The molecule has 5 nitrogen and oxygen atoms in total. The maximum absolute atomic E-state index is 12.8. The van der Waals surface area contributed by atoms with Crippen molar-refractivity contribution in [1.29, 1.82) is 0 Å². The second-order valence-electron chi connectivity index (χ2n) is 6.50. The molecule has 1 saturated heterocycles. The molecule has 0 spiro atoms. The van der Waals surface area contributed by atoms with Gasteiger partial charge in [-0.15, -0.1) is 12.4 Å². The highest BCUT2D eigenvalue weighted by molar-refractivity contribution is 7.89. The van der Waals surface area contributed by atoms with Crippen LogP contribution in [0.1, 0.15) is 32.3 Å². The second kappa shape index (κ2) is 9.04. The van der Waals surface area contributed by atoms with Crippen LogP contribution in [-0.2, 0) is 10.0 Å². The third-order valence-electron chi connectivity index (χ3n) is 4.21. The number of benzene rings is 1. The zero-order valence-corrected chi connectivity index (χ0v) is 16.5. The van der Waals surface area contributed by atoms with Gasteiger partial charge in [-0.1, -0.05) is 0 Å². The highest BCUT2D eigenvalue weighted by Gasteiger charge is 2.29. The summed E-state index contributed by atoms with van der Waals surface area (Å²) in [4.78, 5) is 0.359. The van der Waals surface area contributed by atoms with E-state index in [4.69, 9.17) is 4.74 Å². The Morgan fingerprint density at radius 1 is 1.29 bits per heavy atom. The monoisotopic (exact) mass is 376 g/mol. The van der Waals surface area contributed by atoms with Crippen molar-refractivity contribution in [2.75, 3.05) is 26.7 Å². The van der Waals surface area contributed by atoms with Crippen LogP contribution < -0.4 is 10.1 Å². The molecule has 1 aliphatic heterocycles. The molecule has 0 bridgehead atoms. The molecule has 1 aromatic carbocycles. The molecule has 0 aromatic heterocycles. The normalized spacial score (nSPS) is 16.9. The van der Waals surface area contributed by atoms with E-state index in [1.165, 1.54) is 0 Å². The fourth-order valence-corrected chi connectivity index (χ4v) is 4.52. The highest BCUT2D eigenvalue weighted by Crippen LogP contribution is 2.27. The summed E-state index contributed by atoms with van der Waals surface area (Å²) in [6.07, 6.45) is 1.89. The number of aryl methyl sites for hydroxylation is 1. The molecule has 0 aliphatic carbocycles. The number of ether oxygens (including phenoxy) is 1. The van der Waals surface area contributed by atoms with Gasteiger partial charge in [-0.3, -0.25) is 0 Å². The summed E-state index contributed by atoms with van der Waals surface area (Å²) < 4.78 is 32.9. The van der Waals surface area contributed by atoms with E-state index in [1.807, 2.05) is 27.8 Å². The van der Waals surface area contributed by atoms with Crippen molar-refractivity contribution in [3.8, 4) is 5.75 Å². The molecular weight excluding hydrogens is 348 g/mol. The maximum atomic E-state index is 12.8. The average molecular weight is 377 g/mol. The van der Waals surface area contributed by atoms with E-state index in [2.05, 4.69) is 5.32 Å². The Hall–Kier alpha value is -0.820. The molecule has 1 aromatic rings. The average Bonchev–Trinajstić information content (AvgIpc) is 2.49. The Bertz CT molecular complexity index is 627. The van der Waals surface area contributed by atoms with E-state index in [0.29, 0.717) is 23.9 Å². The van der Waals surface area contributed by atoms with Crippen LogP contribution in [0.2, 0.25) is 0 Å². The van der Waals surface area contributed by atoms with Crippen molar-refractivity contribution in [2.24, 2.45) is 5.92 Å². The Morgan fingerprint density at radius 2 is 1.92 bits per heavy atom. The van der Waals surface area contributed by atoms with Crippen LogP contribution in [-0.4, -0.2) is 45.5 Å². The quantitative estimate of drug-likeness (QED) is 0.829. The van der Waals surface area contributed by atoms with Crippen LogP contribution in [0.15, 0.2) is 23.1 Å². The molecule has 1 fully saturated rings. The van der Waals surface area contributed by atoms with E-state index in [9.17, 15) is 8.42 Å². The van der Waals surface area contributed by atoms with Crippen LogP contribution in [0, 0.1) is 12.8 Å². The molecule has 0 amide bonds. The number of piperidine rings is 1. The van der Waals surface area contributed by atoms with E-state index in [-0.39, 0.29) is 18.5 Å². The van der Waals surface area contributed by atoms with Crippen LogP contribution in [0.3, 0.4) is 0 Å². The smallest absolute Gasteiger partial charge is 0.243 e. The first-order valence-corrected chi connectivity index (χ1v) is 9.70. The summed E-state index contributed by atoms with van der Waals surface area (Å²) in [6, 6.07) is 5.13. The number of halogens is 1. The molecule has 1 aliphatic rings. The zero-order valence-electron chi connectivity index (χ0n) is 14.9. The number of rotatable bonds is 6. The van der Waals surface area contributed by atoms with Crippen LogP contribution in [0.25, 0.3) is 0 Å². The summed E-state index contributed by atoms with van der Waals surface area (Å²) >= 11 is 0. The maximum Gasteiger partial charge on any atom is 0.243 e. The van der Waals surface area contributed by atoms with E-state index < -0.39 is 10.0 Å². The molecule has 2 rings (SSSR count). The molecule has 24 heavy (non-hydrogen) atoms. The van der Waals surface area contributed by atoms with Crippen molar-refractivity contribution in [3.63, 3.8) is 0 Å². The lowest BCUT2D eigenvalue weighted by Gasteiger charge is -2.31. The summed E-state index contributed by atoms with van der Waals surface area (Å²) in [5.41, 5.74) is 0.852. The fourth-order valence-electron chi connectivity index (χ4n) is 2.96. The minimum atomic E-state index is -3.41. The second-order valence-corrected chi connectivity index (χ2v) is 8.44. The number of nitrogens with one attached hydrogen (secondary N) is 1. The topological polar surface area (TPSA) is 58.6 Å². The minimum absolute atomic E-state index is 0. The van der Waals surface area contributed by atoms with E-state index in [0.717, 1.165) is 30.7 Å². The van der Waals surface area contributed by atoms with Crippen LogP contribution >= 0.6 is 12.4 Å². The summed E-state index contributed by atoms with van der Waals surface area (Å²) in [7, 11) is -1.47. The molecule has 7 heteroatoms. The van der Waals surface area contributed by atoms with Crippen molar-refractivity contribution in [2.45, 2.75) is 44.6 Å². The van der Waals surface area contributed by atoms with Gasteiger partial charge in [0.05, 0.1) is 11.0 Å². The van der Waals surface area contributed by atoms with Gasteiger partial charge in [0.25, 0.3) is 0 Å². The Balaban J connectivity index is 0.00000288.